The fraction of sp³-hybridized carbons (Fsp3) is 0.438. The molecule has 3 N–H and O–H groups in total. The van der Waals surface area contributed by atoms with E-state index in [1.807, 2.05) is 17.5 Å². The van der Waals surface area contributed by atoms with Crippen LogP contribution in [0.15, 0.2) is 29.9 Å². The van der Waals surface area contributed by atoms with Gasteiger partial charge in [0, 0.05) is 43.2 Å². The minimum absolute atomic E-state index is 0.0628. The number of hydrogen-bond acceptors (Lipinski definition) is 6. The molecule has 0 aliphatic carbocycles. The van der Waals surface area contributed by atoms with Gasteiger partial charge in [0.25, 0.3) is 0 Å². The smallest absolute Gasteiger partial charge is 0.223 e. The number of thiazole rings is 1. The molecular weight excluding hydrogens is 312 g/mol. The van der Waals surface area contributed by atoms with Crippen LogP contribution in [0.2, 0.25) is 0 Å². The van der Waals surface area contributed by atoms with Crippen molar-refractivity contribution in [1.29, 1.82) is 0 Å². The second-order valence-corrected chi connectivity index (χ2v) is 6.75. The average molecular weight is 332 g/mol. The lowest BCUT2D eigenvalue weighted by molar-refractivity contribution is -0.130. The number of likely N-dealkylation sites (tertiary alicyclic amines) is 1. The van der Waals surface area contributed by atoms with Crippen molar-refractivity contribution in [3.05, 3.63) is 41.2 Å². The number of pyridine rings is 1. The minimum atomic E-state index is -0.470. The highest BCUT2D eigenvalue weighted by Gasteiger charge is 2.33. The molecule has 2 unspecified atom stereocenters. The van der Waals surface area contributed by atoms with Crippen molar-refractivity contribution in [1.82, 2.24) is 14.9 Å². The van der Waals surface area contributed by atoms with E-state index in [1.54, 1.807) is 17.3 Å². The lowest BCUT2D eigenvalue weighted by atomic mass is 9.97. The summed E-state index contributed by atoms with van der Waals surface area (Å²) in [5.41, 5.74) is 7.58. The van der Waals surface area contributed by atoms with Crippen LogP contribution < -0.4 is 5.73 Å². The van der Waals surface area contributed by atoms with Crippen molar-refractivity contribution in [2.75, 3.05) is 18.8 Å². The van der Waals surface area contributed by atoms with Gasteiger partial charge in [-0.3, -0.25) is 9.78 Å². The number of nitrogen functional groups attached to an aromatic ring is 1. The third kappa shape index (κ3) is 4.05. The van der Waals surface area contributed by atoms with Crippen LogP contribution in [-0.4, -0.2) is 45.1 Å². The standard InChI is InChI=1S/C16H20N4O2S/c17-16-19-13(10-23-16)1-2-15(22)20-8-12(14(21)9-20)7-11-3-5-18-6-4-11/h3-6,10,12,14,21H,1-2,7-9H2,(H2,17,19). The fourth-order valence-corrected chi connectivity index (χ4v) is 3.51. The first-order valence-corrected chi connectivity index (χ1v) is 8.54. The van der Waals surface area contributed by atoms with Gasteiger partial charge in [0.15, 0.2) is 5.13 Å². The number of nitrogens with two attached hydrogens (primary N) is 1. The first-order chi connectivity index (χ1) is 11.1. The monoisotopic (exact) mass is 332 g/mol. The molecule has 0 spiro atoms. The SMILES string of the molecule is Nc1nc(CCC(=O)N2CC(O)C(Cc3ccncc3)C2)cs1. The maximum atomic E-state index is 12.3. The summed E-state index contributed by atoms with van der Waals surface area (Å²) in [6.07, 6.45) is 4.78. The maximum absolute atomic E-state index is 12.3. The van der Waals surface area contributed by atoms with Gasteiger partial charge in [-0.15, -0.1) is 11.3 Å². The lowest BCUT2D eigenvalue weighted by Gasteiger charge is -2.16. The zero-order valence-corrected chi connectivity index (χ0v) is 13.6. The van der Waals surface area contributed by atoms with Crippen molar-refractivity contribution >= 4 is 22.4 Å². The Bertz CT molecular complexity index is 661. The molecule has 3 heterocycles. The molecule has 6 nitrogen and oxygen atoms in total. The molecule has 1 fully saturated rings. The van der Waals surface area contributed by atoms with Crippen LogP contribution in [0.25, 0.3) is 0 Å². The fourth-order valence-electron chi connectivity index (χ4n) is 2.91. The quantitative estimate of drug-likeness (QED) is 0.856. The highest BCUT2D eigenvalue weighted by Crippen LogP contribution is 2.22. The first-order valence-electron chi connectivity index (χ1n) is 7.66. The Morgan fingerprint density at radius 1 is 1.39 bits per heavy atom. The number of aromatic nitrogens is 2. The Morgan fingerprint density at radius 3 is 2.87 bits per heavy atom. The third-order valence-electron chi connectivity index (χ3n) is 4.17. The molecule has 2 aromatic heterocycles. The lowest BCUT2D eigenvalue weighted by Crippen LogP contribution is -2.29. The van der Waals surface area contributed by atoms with Gasteiger partial charge >= 0.3 is 0 Å². The molecule has 0 radical (unpaired) electrons. The summed E-state index contributed by atoms with van der Waals surface area (Å²) >= 11 is 1.39. The van der Waals surface area contributed by atoms with E-state index in [0.717, 1.165) is 17.7 Å². The predicted molar refractivity (Wildman–Crippen MR) is 88.9 cm³/mol. The maximum Gasteiger partial charge on any atom is 0.223 e. The Kier molecular flexibility index (Phi) is 4.88. The van der Waals surface area contributed by atoms with Crippen LogP contribution >= 0.6 is 11.3 Å². The van der Waals surface area contributed by atoms with E-state index in [-0.39, 0.29) is 11.8 Å². The first kappa shape index (κ1) is 15.9. The van der Waals surface area contributed by atoms with Crippen LogP contribution in [-0.2, 0) is 17.6 Å². The number of carbonyl (C=O) groups is 1. The van der Waals surface area contributed by atoms with E-state index < -0.39 is 6.10 Å². The summed E-state index contributed by atoms with van der Waals surface area (Å²) in [6.45, 7) is 1.01. The molecule has 1 aliphatic heterocycles. The molecule has 3 rings (SSSR count). The summed E-state index contributed by atoms with van der Waals surface area (Å²) in [7, 11) is 0. The van der Waals surface area contributed by atoms with E-state index in [0.29, 0.717) is 31.1 Å². The molecule has 2 atom stereocenters. The number of β-amino-alcohol motifs (C(OH)–C–C–N with tert-alkyl or cyclic N) is 1. The molecule has 1 saturated heterocycles. The number of nitrogens with zero attached hydrogens (tertiary/aromatic N) is 3. The van der Waals surface area contributed by atoms with Crippen molar-refractivity contribution in [3.8, 4) is 0 Å². The van der Waals surface area contributed by atoms with Crippen LogP contribution in [0, 0.1) is 5.92 Å². The van der Waals surface area contributed by atoms with Crippen molar-refractivity contribution in [3.63, 3.8) is 0 Å². The molecule has 0 aromatic carbocycles. The average Bonchev–Trinajstić information content (AvgIpc) is 3.12. The third-order valence-corrected chi connectivity index (χ3v) is 4.89. The number of hydrogen-bond donors (Lipinski definition) is 2. The number of carbonyl (C=O) groups excluding carboxylic acids is 1. The molecule has 7 heteroatoms. The molecule has 2 aromatic rings. The van der Waals surface area contributed by atoms with Crippen LogP contribution in [0.1, 0.15) is 17.7 Å². The van der Waals surface area contributed by atoms with Crippen molar-refractivity contribution in [2.24, 2.45) is 5.92 Å². The van der Waals surface area contributed by atoms with Gasteiger partial charge in [0.2, 0.25) is 5.91 Å². The number of rotatable bonds is 5. The Labute approximate surface area is 139 Å². The Morgan fingerprint density at radius 2 is 2.17 bits per heavy atom. The topological polar surface area (TPSA) is 92.3 Å². The van der Waals surface area contributed by atoms with E-state index >= 15 is 0 Å². The molecule has 1 amide bonds. The normalized spacial score (nSPS) is 20.8. The largest absolute Gasteiger partial charge is 0.391 e. The van der Waals surface area contributed by atoms with Gasteiger partial charge in [-0.1, -0.05) is 0 Å². The number of aryl methyl sites for hydroxylation is 1. The van der Waals surface area contributed by atoms with E-state index in [2.05, 4.69) is 9.97 Å². The second-order valence-electron chi connectivity index (χ2n) is 5.86. The zero-order valence-electron chi connectivity index (χ0n) is 12.8. The highest BCUT2D eigenvalue weighted by atomic mass is 32.1. The second kappa shape index (κ2) is 7.06. The van der Waals surface area contributed by atoms with Gasteiger partial charge in [-0.25, -0.2) is 4.98 Å². The van der Waals surface area contributed by atoms with Gasteiger partial charge < -0.3 is 15.7 Å². The molecule has 23 heavy (non-hydrogen) atoms. The van der Waals surface area contributed by atoms with E-state index in [9.17, 15) is 9.90 Å². The number of amides is 1. The Balaban J connectivity index is 1.52. The van der Waals surface area contributed by atoms with E-state index in [1.165, 1.54) is 11.3 Å². The number of anilines is 1. The van der Waals surface area contributed by atoms with Gasteiger partial charge in [0.1, 0.15) is 0 Å². The van der Waals surface area contributed by atoms with Gasteiger partial charge in [-0.2, -0.15) is 0 Å². The molecule has 122 valence electrons. The summed E-state index contributed by atoms with van der Waals surface area (Å²) in [4.78, 5) is 22.2. The number of aliphatic hydroxyl groups is 1. The minimum Gasteiger partial charge on any atom is -0.391 e. The summed E-state index contributed by atoms with van der Waals surface area (Å²) < 4.78 is 0. The van der Waals surface area contributed by atoms with Crippen LogP contribution in [0.3, 0.4) is 0 Å². The zero-order chi connectivity index (χ0) is 16.2. The van der Waals surface area contributed by atoms with Gasteiger partial charge in [0.05, 0.1) is 11.8 Å². The molecule has 0 saturated carbocycles. The highest BCUT2D eigenvalue weighted by molar-refractivity contribution is 7.13. The van der Waals surface area contributed by atoms with Crippen molar-refractivity contribution < 1.29 is 9.90 Å². The van der Waals surface area contributed by atoms with Crippen LogP contribution in [0.4, 0.5) is 5.13 Å². The van der Waals surface area contributed by atoms with Gasteiger partial charge in [-0.05, 0) is 30.5 Å². The predicted octanol–water partition coefficient (Wildman–Crippen LogP) is 1.11. The summed E-state index contributed by atoms with van der Waals surface area (Å²) in [5, 5.41) is 12.6. The Hall–Kier alpha value is -1.99. The molecule has 1 aliphatic rings. The van der Waals surface area contributed by atoms with E-state index in [4.69, 9.17) is 5.73 Å². The number of aliphatic hydroxyl groups excluding tert-OH is 1. The summed E-state index contributed by atoms with van der Waals surface area (Å²) in [6, 6.07) is 3.90. The summed E-state index contributed by atoms with van der Waals surface area (Å²) in [5.74, 6) is 0.143. The van der Waals surface area contributed by atoms with Crippen molar-refractivity contribution in [2.45, 2.75) is 25.4 Å². The molecule has 0 bridgehead atoms. The van der Waals surface area contributed by atoms with Crippen LogP contribution in [0.5, 0.6) is 0 Å². The molecular formula is C16H20N4O2S.